The molecule has 1 heterocycles. The molecule has 0 saturated carbocycles. The molecular formula is C10H15BrN2OS. The second-order valence-electron chi connectivity index (χ2n) is 3.78. The number of nitrogens with one attached hydrogen (secondary N) is 1. The van der Waals surface area contributed by atoms with Crippen molar-refractivity contribution in [3.63, 3.8) is 0 Å². The summed E-state index contributed by atoms with van der Waals surface area (Å²) in [5, 5.41) is 3.16. The maximum Gasteiger partial charge on any atom is 0.239 e. The molecular weight excluding hydrogens is 276 g/mol. The Hall–Kier alpha value is -0.390. The first-order valence-corrected chi connectivity index (χ1v) is 6.39. The molecule has 0 spiro atoms. The Morgan fingerprint density at radius 2 is 2.27 bits per heavy atom. The zero-order chi connectivity index (χ0) is 11.4. The third-order valence-electron chi connectivity index (χ3n) is 1.89. The van der Waals surface area contributed by atoms with E-state index in [0.717, 1.165) is 15.2 Å². The first-order chi connectivity index (χ1) is 7.00. The number of carbonyl (C=O) groups excluding carboxylic acids is 1. The van der Waals surface area contributed by atoms with E-state index in [2.05, 4.69) is 35.1 Å². The van der Waals surface area contributed by atoms with E-state index in [1.54, 1.807) is 0 Å². The van der Waals surface area contributed by atoms with Crippen LogP contribution in [0.5, 0.6) is 0 Å². The number of hydrogen-bond acceptors (Lipinski definition) is 3. The lowest BCUT2D eigenvalue weighted by atomic mass is 10.2. The minimum atomic E-state index is -0.372. The summed E-state index contributed by atoms with van der Waals surface area (Å²) in [6.45, 7) is 4.97. The van der Waals surface area contributed by atoms with Crippen molar-refractivity contribution >= 4 is 33.2 Å². The zero-order valence-corrected chi connectivity index (χ0v) is 11.2. The summed E-state index contributed by atoms with van der Waals surface area (Å²) in [5.74, 6) is 0.167. The van der Waals surface area contributed by atoms with Crippen molar-refractivity contribution < 1.29 is 4.79 Å². The van der Waals surface area contributed by atoms with Gasteiger partial charge in [0.2, 0.25) is 5.91 Å². The minimum Gasteiger partial charge on any atom is -0.368 e. The Labute approximate surface area is 102 Å². The van der Waals surface area contributed by atoms with Crippen LogP contribution in [0.3, 0.4) is 0 Å². The van der Waals surface area contributed by atoms with E-state index in [-0.39, 0.29) is 11.9 Å². The highest BCUT2D eigenvalue weighted by Crippen LogP contribution is 2.27. The molecule has 0 radical (unpaired) electrons. The van der Waals surface area contributed by atoms with Crippen molar-refractivity contribution in [1.82, 2.24) is 5.32 Å². The summed E-state index contributed by atoms with van der Waals surface area (Å²) in [4.78, 5) is 12.2. The standard InChI is InChI=1S/C10H15BrN2OS/c1-6(2)5-13-9(10(12)14)7-3-4-8(11)15-7/h3-4,6,9,13H,5H2,1-2H3,(H2,12,14). The number of thiophene rings is 1. The maximum absolute atomic E-state index is 11.3. The smallest absolute Gasteiger partial charge is 0.239 e. The molecule has 0 aliphatic rings. The van der Waals surface area contributed by atoms with Crippen LogP contribution in [0.1, 0.15) is 24.8 Å². The lowest BCUT2D eigenvalue weighted by Crippen LogP contribution is -2.35. The Kier molecular flexibility index (Phi) is 4.76. The molecule has 0 fully saturated rings. The number of amides is 1. The van der Waals surface area contributed by atoms with Gasteiger partial charge in [0.1, 0.15) is 6.04 Å². The third kappa shape index (κ3) is 3.93. The fourth-order valence-corrected chi connectivity index (χ4v) is 2.69. The Morgan fingerprint density at radius 3 is 2.67 bits per heavy atom. The van der Waals surface area contributed by atoms with Gasteiger partial charge in [0.15, 0.2) is 0 Å². The molecule has 0 aliphatic carbocycles. The molecule has 0 aliphatic heterocycles. The molecule has 1 rings (SSSR count). The molecule has 3 N–H and O–H groups in total. The molecule has 84 valence electrons. The molecule has 15 heavy (non-hydrogen) atoms. The van der Waals surface area contributed by atoms with Gasteiger partial charge in [-0.15, -0.1) is 11.3 Å². The lowest BCUT2D eigenvalue weighted by molar-refractivity contribution is -0.120. The van der Waals surface area contributed by atoms with Gasteiger partial charge in [-0.1, -0.05) is 13.8 Å². The molecule has 5 heteroatoms. The van der Waals surface area contributed by atoms with E-state index >= 15 is 0 Å². The number of hydrogen-bond donors (Lipinski definition) is 2. The summed E-state index contributed by atoms with van der Waals surface area (Å²) in [6, 6.07) is 3.47. The second kappa shape index (κ2) is 5.63. The van der Waals surface area contributed by atoms with Crippen LogP contribution in [0.15, 0.2) is 15.9 Å². The highest BCUT2D eigenvalue weighted by molar-refractivity contribution is 9.11. The minimum absolute atomic E-state index is 0.329. The fraction of sp³-hybridized carbons (Fsp3) is 0.500. The molecule has 1 aromatic heterocycles. The monoisotopic (exact) mass is 290 g/mol. The molecule has 0 saturated heterocycles. The average Bonchev–Trinajstić information content (AvgIpc) is 2.51. The molecule has 3 nitrogen and oxygen atoms in total. The molecule has 1 atom stereocenters. The van der Waals surface area contributed by atoms with Crippen LogP contribution < -0.4 is 11.1 Å². The second-order valence-corrected chi connectivity index (χ2v) is 6.27. The van der Waals surface area contributed by atoms with Crippen LogP contribution in [0.4, 0.5) is 0 Å². The Morgan fingerprint density at radius 1 is 1.60 bits per heavy atom. The van der Waals surface area contributed by atoms with Gasteiger partial charge >= 0.3 is 0 Å². The van der Waals surface area contributed by atoms with Crippen molar-refractivity contribution in [3.8, 4) is 0 Å². The van der Waals surface area contributed by atoms with Gasteiger partial charge in [0.05, 0.1) is 3.79 Å². The SMILES string of the molecule is CC(C)CNC(C(N)=O)c1ccc(Br)s1. The summed E-state index contributed by atoms with van der Waals surface area (Å²) in [6.07, 6.45) is 0. The van der Waals surface area contributed by atoms with Gasteiger partial charge in [-0.3, -0.25) is 4.79 Å². The van der Waals surface area contributed by atoms with Crippen LogP contribution in [0.25, 0.3) is 0 Å². The van der Waals surface area contributed by atoms with Crippen LogP contribution in [0, 0.1) is 5.92 Å². The largest absolute Gasteiger partial charge is 0.368 e. The van der Waals surface area contributed by atoms with Gasteiger partial charge in [0.25, 0.3) is 0 Å². The van der Waals surface area contributed by atoms with Crippen LogP contribution in [-0.2, 0) is 4.79 Å². The molecule has 1 unspecified atom stereocenters. The maximum atomic E-state index is 11.3. The van der Waals surface area contributed by atoms with Crippen molar-refractivity contribution in [2.24, 2.45) is 11.7 Å². The quantitative estimate of drug-likeness (QED) is 0.874. The van der Waals surface area contributed by atoms with Crippen LogP contribution in [-0.4, -0.2) is 12.5 Å². The summed E-state index contributed by atoms with van der Waals surface area (Å²) in [5.41, 5.74) is 5.35. The normalized spacial score (nSPS) is 13.1. The Balaban J connectivity index is 2.70. The van der Waals surface area contributed by atoms with E-state index in [9.17, 15) is 4.79 Å². The molecule has 1 amide bonds. The predicted molar refractivity (Wildman–Crippen MR) is 66.8 cm³/mol. The van der Waals surface area contributed by atoms with Gasteiger partial charge in [-0.05, 0) is 40.5 Å². The van der Waals surface area contributed by atoms with Gasteiger partial charge in [-0.2, -0.15) is 0 Å². The highest BCUT2D eigenvalue weighted by Gasteiger charge is 2.18. The first kappa shape index (κ1) is 12.7. The van der Waals surface area contributed by atoms with Crippen molar-refractivity contribution in [1.29, 1.82) is 0 Å². The topological polar surface area (TPSA) is 55.1 Å². The van der Waals surface area contributed by atoms with E-state index in [1.807, 2.05) is 12.1 Å². The summed E-state index contributed by atoms with van der Waals surface area (Å²) in [7, 11) is 0. The molecule has 0 aromatic carbocycles. The molecule has 0 bridgehead atoms. The summed E-state index contributed by atoms with van der Waals surface area (Å²) >= 11 is 4.90. The number of carbonyl (C=O) groups is 1. The molecule has 1 aromatic rings. The van der Waals surface area contributed by atoms with Crippen molar-refractivity contribution in [2.75, 3.05) is 6.54 Å². The number of halogens is 1. The van der Waals surface area contributed by atoms with Crippen LogP contribution in [0.2, 0.25) is 0 Å². The third-order valence-corrected chi connectivity index (χ3v) is 3.58. The van der Waals surface area contributed by atoms with E-state index in [4.69, 9.17) is 5.73 Å². The number of primary amides is 1. The van der Waals surface area contributed by atoms with Crippen molar-refractivity contribution in [2.45, 2.75) is 19.9 Å². The van der Waals surface area contributed by atoms with E-state index < -0.39 is 0 Å². The number of rotatable bonds is 5. The summed E-state index contributed by atoms with van der Waals surface area (Å²) < 4.78 is 1.01. The van der Waals surface area contributed by atoms with Gasteiger partial charge in [0, 0.05) is 4.88 Å². The average molecular weight is 291 g/mol. The van der Waals surface area contributed by atoms with E-state index in [1.165, 1.54) is 11.3 Å². The zero-order valence-electron chi connectivity index (χ0n) is 8.79. The Bertz CT molecular complexity index is 338. The van der Waals surface area contributed by atoms with Gasteiger partial charge < -0.3 is 11.1 Å². The first-order valence-electron chi connectivity index (χ1n) is 4.78. The van der Waals surface area contributed by atoms with Crippen molar-refractivity contribution in [3.05, 3.63) is 20.8 Å². The lowest BCUT2D eigenvalue weighted by Gasteiger charge is -2.15. The fourth-order valence-electron chi connectivity index (χ4n) is 1.18. The van der Waals surface area contributed by atoms with Crippen LogP contribution >= 0.6 is 27.3 Å². The van der Waals surface area contributed by atoms with Gasteiger partial charge in [-0.25, -0.2) is 0 Å². The highest BCUT2D eigenvalue weighted by atomic mass is 79.9. The predicted octanol–water partition coefficient (Wildman–Crippen LogP) is 2.28. The number of nitrogens with two attached hydrogens (primary N) is 1. The van der Waals surface area contributed by atoms with E-state index in [0.29, 0.717) is 5.92 Å².